The van der Waals surface area contributed by atoms with Crippen molar-refractivity contribution in [2.45, 2.75) is 25.9 Å². The molecule has 1 aliphatic rings. The predicted octanol–water partition coefficient (Wildman–Crippen LogP) is 3.93. The van der Waals surface area contributed by atoms with Crippen molar-refractivity contribution >= 4 is 11.3 Å². The number of aromatic nitrogens is 3. The minimum absolute atomic E-state index is 0.694. The second-order valence-electron chi connectivity index (χ2n) is 6.83. The Balaban J connectivity index is 1.40. The van der Waals surface area contributed by atoms with Crippen molar-refractivity contribution < 1.29 is 4.74 Å². The highest BCUT2D eigenvalue weighted by molar-refractivity contribution is 7.15. The van der Waals surface area contributed by atoms with Crippen molar-refractivity contribution in [2.24, 2.45) is 5.92 Å². The van der Waals surface area contributed by atoms with E-state index < -0.39 is 0 Å². The van der Waals surface area contributed by atoms with Gasteiger partial charge in [-0.05, 0) is 37.4 Å². The lowest BCUT2D eigenvalue weighted by atomic mass is 9.98. The summed E-state index contributed by atoms with van der Waals surface area (Å²) >= 11 is 1.77. The molecule has 136 valence electrons. The smallest absolute Gasteiger partial charge is 0.129 e. The van der Waals surface area contributed by atoms with E-state index in [1.165, 1.54) is 24.3 Å². The van der Waals surface area contributed by atoms with Gasteiger partial charge in [-0.25, -0.2) is 9.97 Å². The standard InChI is InChI=1S/C20H24N4OS/c1-25-19-7-3-2-6-18(19)20-22-11-17(26-20)14-23-9-4-5-16(12-23)13-24-10-8-21-15-24/h2-3,6-8,10-11,15-16H,4-5,9,12-14H2,1H3. The van der Waals surface area contributed by atoms with Crippen LogP contribution in [0.5, 0.6) is 5.75 Å². The van der Waals surface area contributed by atoms with Crippen LogP contribution in [0.2, 0.25) is 0 Å². The summed E-state index contributed by atoms with van der Waals surface area (Å²) in [6.45, 7) is 4.35. The fraction of sp³-hybridized carbons (Fsp3) is 0.400. The van der Waals surface area contributed by atoms with E-state index >= 15 is 0 Å². The number of imidazole rings is 1. The zero-order valence-electron chi connectivity index (χ0n) is 15.0. The third-order valence-corrected chi connectivity index (χ3v) is 5.92. The van der Waals surface area contributed by atoms with Crippen LogP contribution in [0.4, 0.5) is 0 Å². The second-order valence-corrected chi connectivity index (χ2v) is 7.95. The molecular weight excluding hydrogens is 344 g/mol. The highest BCUT2D eigenvalue weighted by atomic mass is 32.1. The fourth-order valence-corrected chi connectivity index (χ4v) is 4.67. The third-order valence-electron chi connectivity index (χ3n) is 4.90. The van der Waals surface area contributed by atoms with E-state index in [1.54, 1.807) is 18.4 Å². The normalized spacial score (nSPS) is 18.1. The molecule has 0 saturated carbocycles. The van der Waals surface area contributed by atoms with Crippen LogP contribution in [0.15, 0.2) is 49.2 Å². The molecule has 0 aliphatic carbocycles. The summed E-state index contributed by atoms with van der Waals surface area (Å²) in [4.78, 5) is 12.7. The number of hydrogen-bond acceptors (Lipinski definition) is 5. The first-order valence-electron chi connectivity index (χ1n) is 9.08. The lowest BCUT2D eigenvalue weighted by Crippen LogP contribution is -2.36. The van der Waals surface area contributed by atoms with Crippen molar-refractivity contribution in [1.82, 2.24) is 19.4 Å². The van der Waals surface area contributed by atoms with Gasteiger partial charge in [0.05, 0.1) is 19.0 Å². The van der Waals surface area contributed by atoms with E-state index in [0.717, 1.165) is 36.0 Å². The average Bonchev–Trinajstić information content (AvgIpc) is 3.34. The molecule has 4 rings (SSSR count). The molecule has 2 aromatic heterocycles. The summed E-state index contributed by atoms with van der Waals surface area (Å²) < 4.78 is 7.67. The molecule has 6 heteroatoms. The number of rotatable bonds is 6. The molecule has 1 aromatic carbocycles. The molecule has 0 spiro atoms. The van der Waals surface area contributed by atoms with Crippen LogP contribution >= 0.6 is 11.3 Å². The van der Waals surface area contributed by atoms with Gasteiger partial charge >= 0.3 is 0 Å². The lowest BCUT2D eigenvalue weighted by molar-refractivity contribution is 0.157. The van der Waals surface area contributed by atoms with Crippen molar-refractivity contribution in [3.8, 4) is 16.3 Å². The van der Waals surface area contributed by atoms with Crippen molar-refractivity contribution in [3.63, 3.8) is 0 Å². The number of piperidine rings is 1. The zero-order valence-corrected chi connectivity index (χ0v) is 15.9. The van der Waals surface area contributed by atoms with E-state index in [-0.39, 0.29) is 0 Å². The Bertz CT molecular complexity index is 830. The Labute approximate surface area is 158 Å². The summed E-state index contributed by atoms with van der Waals surface area (Å²) in [6, 6.07) is 8.08. The fourth-order valence-electron chi connectivity index (χ4n) is 3.68. The van der Waals surface area contributed by atoms with Gasteiger partial charge in [-0.3, -0.25) is 4.90 Å². The van der Waals surface area contributed by atoms with Gasteiger partial charge in [0.15, 0.2) is 0 Å². The first-order chi connectivity index (χ1) is 12.8. The zero-order chi connectivity index (χ0) is 17.8. The Morgan fingerprint density at radius 1 is 1.31 bits per heavy atom. The van der Waals surface area contributed by atoms with Gasteiger partial charge in [0.25, 0.3) is 0 Å². The first-order valence-corrected chi connectivity index (χ1v) is 9.89. The van der Waals surface area contributed by atoms with Gasteiger partial charge in [-0.2, -0.15) is 0 Å². The van der Waals surface area contributed by atoms with E-state index in [2.05, 4.69) is 31.7 Å². The molecule has 0 radical (unpaired) electrons. The minimum atomic E-state index is 0.694. The monoisotopic (exact) mass is 368 g/mol. The minimum Gasteiger partial charge on any atom is -0.496 e. The number of ether oxygens (including phenoxy) is 1. The molecule has 0 amide bonds. The van der Waals surface area contributed by atoms with Crippen LogP contribution in [-0.4, -0.2) is 39.6 Å². The predicted molar refractivity (Wildman–Crippen MR) is 104 cm³/mol. The van der Waals surface area contributed by atoms with Crippen LogP contribution in [0, 0.1) is 5.92 Å². The molecule has 1 saturated heterocycles. The molecule has 26 heavy (non-hydrogen) atoms. The van der Waals surface area contributed by atoms with E-state index in [9.17, 15) is 0 Å². The van der Waals surface area contributed by atoms with Gasteiger partial charge in [0.2, 0.25) is 0 Å². The van der Waals surface area contributed by atoms with Gasteiger partial charge in [0.1, 0.15) is 10.8 Å². The number of benzene rings is 1. The highest BCUT2D eigenvalue weighted by Gasteiger charge is 2.21. The molecule has 5 nitrogen and oxygen atoms in total. The first kappa shape index (κ1) is 17.2. The van der Waals surface area contributed by atoms with Crippen molar-refractivity contribution in [3.05, 3.63) is 54.1 Å². The summed E-state index contributed by atoms with van der Waals surface area (Å²) in [6.07, 6.45) is 10.4. The summed E-state index contributed by atoms with van der Waals surface area (Å²) in [5.74, 6) is 1.58. The SMILES string of the molecule is COc1ccccc1-c1ncc(CN2CCCC(Cn3ccnc3)C2)s1. The summed E-state index contributed by atoms with van der Waals surface area (Å²) in [5.41, 5.74) is 1.07. The Hall–Kier alpha value is -2.18. The molecule has 0 N–H and O–H groups in total. The van der Waals surface area contributed by atoms with E-state index in [4.69, 9.17) is 4.74 Å². The van der Waals surface area contributed by atoms with Gasteiger partial charge in [-0.15, -0.1) is 11.3 Å². The highest BCUT2D eigenvalue weighted by Crippen LogP contribution is 2.33. The number of hydrogen-bond donors (Lipinski definition) is 0. The average molecular weight is 369 g/mol. The quantitative estimate of drug-likeness (QED) is 0.661. The Morgan fingerprint density at radius 3 is 3.08 bits per heavy atom. The Kier molecular flexibility index (Phi) is 5.32. The summed E-state index contributed by atoms with van der Waals surface area (Å²) in [7, 11) is 1.71. The largest absolute Gasteiger partial charge is 0.496 e. The maximum absolute atomic E-state index is 5.47. The molecule has 3 aromatic rings. The topological polar surface area (TPSA) is 43.2 Å². The molecule has 3 heterocycles. The van der Waals surface area contributed by atoms with Crippen LogP contribution in [-0.2, 0) is 13.1 Å². The van der Waals surface area contributed by atoms with E-state index in [0.29, 0.717) is 5.92 Å². The van der Waals surface area contributed by atoms with Gasteiger partial charge in [0, 0.05) is 43.1 Å². The molecule has 1 fully saturated rings. The number of likely N-dealkylation sites (tertiary alicyclic amines) is 1. The molecule has 1 aliphatic heterocycles. The van der Waals surface area contributed by atoms with Crippen molar-refractivity contribution in [2.75, 3.05) is 20.2 Å². The van der Waals surface area contributed by atoms with Gasteiger partial charge < -0.3 is 9.30 Å². The number of nitrogens with zero attached hydrogens (tertiary/aromatic N) is 4. The molecule has 0 bridgehead atoms. The lowest BCUT2D eigenvalue weighted by Gasteiger charge is -2.32. The molecular formula is C20H24N4OS. The molecule has 1 unspecified atom stereocenters. The second kappa shape index (κ2) is 8.01. The van der Waals surface area contributed by atoms with Crippen LogP contribution in [0.3, 0.4) is 0 Å². The van der Waals surface area contributed by atoms with Crippen molar-refractivity contribution in [1.29, 1.82) is 0 Å². The number of para-hydroxylation sites is 1. The van der Waals surface area contributed by atoms with Crippen LogP contribution < -0.4 is 4.74 Å². The van der Waals surface area contributed by atoms with Crippen LogP contribution in [0.1, 0.15) is 17.7 Å². The maximum Gasteiger partial charge on any atom is 0.129 e. The third kappa shape index (κ3) is 3.97. The molecule has 1 atom stereocenters. The van der Waals surface area contributed by atoms with Gasteiger partial charge in [-0.1, -0.05) is 12.1 Å². The number of thiazole rings is 1. The Morgan fingerprint density at radius 2 is 2.23 bits per heavy atom. The van der Waals surface area contributed by atoms with E-state index in [1.807, 2.05) is 36.9 Å². The summed E-state index contributed by atoms with van der Waals surface area (Å²) in [5, 5.41) is 1.03. The maximum atomic E-state index is 5.47. The number of methoxy groups -OCH3 is 1. The van der Waals surface area contributed by atoms with Crippen LogP contribution in [0.25, 0.3) is 10.6 Å².